The first-order valence-electron chi connectivity index (χ1n) is 6.51. The van der Waals surface area contributed by atoms with Crippen LogP contribution in [0.5, 0.6) is 0 Å². The van der Waals surface area contributed by atoms with Crippen molar-refractivity contribution in [2.75, 3.05) is 21.1 Å². The van der Waals surface area contributed by atoms with Gasteiger partial charge in [-0.05, 0) is 19.4 Å². The topological polar surface area (TPSA) is 120 Å². The van der Waals surface area contributed by atoms with E-state index in [4.69, 9.17) is 0 Å². The van der Waals surface area contributed by atoms with Crippen molar-refractivity contribution in [3.63, 3.8) is 0 Å². The summed E-state index contributed by atoms with van der Waals surface area (Å²) in [6.45, 7) is 3.89. The zero-order chi connectivity index (χ0) is 16.6. The fourth-order valence-corrected chi connectivity index (χ4v) is 1.50. The van der Waals surface area contributed by atoms with Crippen LogP contribution in [-0.4, -0.2) is 56.1 Å². The molecule has 0 rings (SSSR count). The van der Waals surface area contributed by atoms with Gasteiger partial charge in [-0.1, -0.05) is 13.8 Å². The van der Waals surface area contributed by atoms with Crippen LogP contribution >= 0.6 is 0 Å². The lowest BCUT2D eigenvalue weighted by molar-refractivity contribution is -0.122. The van der Waals surface area contributed by atoms with Crippen LogP contribution in [0.25, 0.3) is 0 Å². The molecule has 0 saturated carbocycles. The van der Waals surface area contributed by atoms with Crippen molar-refractivity contribution in [3.8, 4) is 0 Å². The molecule has 120 valence electrons. The van der Waals surface area contributed by atoms with Crippen molar-refractivity contribution in [1.29, 1.82) is 0 Å². The number of nitrogens with zero attached hydrogens (tertiary/aromatic N) is 1. The van der Waals surface area contributed by atoms with E-state index in [9.17, 15) is 19.2 Å². The second kappa shape index (κ2) is 8.90. The van der Waals surface area contributed by atoms with E-state index in [0.29, 0.717) is 11.3 Å². The van der Waals surface area contributed by atoms with Crippen LogP contribution in [0, 0.1) is 5.92 Å². The Morgan fingerprint density at radius 1 is 1.00 bits per heavy atom. The molecule has 1 unspecified atom stereocenters. The fourth-order valence-electron chi connectivity index (χ4n) is 1.50. The third-order valence-corrected chi connectivity index (χ3v) is 2.65. The van der Waals surface area contributed by atoms with Gasteiger partial charge < -0.3 is 10.6 Å². The Kier molecular flexibility index (Phi) is 7.99. The normalized spacial score (nSPS) is 11.5. The average Bonchev–Trinajstić information content (AvgIpc) is 2.42. The number of urea groups is 3. The van der Waals surface area contributed by atoms with E-state index < -0.39 is 30.0 Å². The van der Waals surface area contributed by atoms with Crippen LogP contribution in [-0.2, 0) is 4.79 Å². The van der Waals surface area contributed by atoms with Crippen LogP contribution in [0.4, 0.5) is 14.4 Å². The van der Waals surface area contributed by atoms with Crippen LogP contribution in [0.15, 0.2) is 0 Å². The highest BCUT2D eigenvalue weighted by molar-refractivity contribution is 6.05. The van der Waals surface area contributed by atoms with Gasteiger partial charge in [-0.2, -0.15) is 0 Å². The average molecular weight is 301 g/mol. The number of carbonyl (C=O) groups is 4. The van der Waals surface area contributed by atoms with Gasteiger partial charge >= 0.3 is 18.1 Å². The quantitative estimate of drug-likeness (QED) is 0.575. The Morgan fingerprint density at radius 2 is 1.57 bits per heavy atom. The molecule has 0 aliphatic rings. The number of likely N-dealkylation sites (N-methyl/N-ethyl adjacent to an activating group) is 1. The number of imide groups is 3. The summed E-state index contributed by atoms with van der Waals surface area (Å²) in [7, 11) is 4.15. The number of carbonyl (C=O) groups excluding carboxylic acids is 4. The molecule has 7 amide bonds. The highest BCUT2D eigenvalue weighted by Crippen LogP contribution is 2.04. The summed E-state index contributed by atoms with van der Waals surface area (Å²) in [5.41, 5.74) is 0. The molecule has 0 radical (unpaired) electrons. The summed E-state index contributed by atoms with van der Waals surface area (Å²) in [5.74, 6) is -0.281. The molecule has 0 aromatic heterocycles. The van der Waals surface area contributed by atoms with E-state index >= 15 is 0 Å². The van der Waals surface area contributed by atoms with E-state index in [1.165, 1.54) is 14.1 Å². The van der Waals surface area contributed by atoms with Gasteiger partial charge in [0.25, 0.3) is 0 Å². The molecular formula is C12H23N5O4. The molecule has 0 aromatic carbocycles. The van der Waals surface area contributed by atoms with Gasteiger partial charge in [0.2, 0.25) is 5.91 Å². The van der Waals surface area contributed by atoms with Crippen LogP contribution in [0.1, 0.15) is 20.3 Å². The molecule has 0 fully saturated rings. The van der Waals surface area contributed by atoms with Crippen LogP contribution in [0.2, 0.25) is 0 Å². The number of rotatable bonds is 4. The molecule has 9 nitrogen and oxygen atoms in total. The maximum atomic E-state index is 11.8. The lowest BCUT2D eigenvalue weighted by atomic mass is 10.0. The van der Waals surface area contributed by atoms with Crippen LogP contribution < -0.4 is 21.3 Å². The Hall–Kier alpha value is -2.16. The first-order chi connectivity index (χ1) is 9.72. The van der Waals surface area contributed by atoms with Gasteiger partial charge in [0.15, 0.2) is 0 Å². The van der Waals surface area contributed by atoms with Crippen molar-refractivity contribution >= 4 is 24.0 Å². The van der Waals surface area contributed by atoms with Gasteiger partial charge in [0.05, 0.1) is 6.04 Å². The smallest absolute Gasteiger partial charge is 0.333 e. The lowest BCUT2D eigenvalue weighted by Crippen LogP contribution is -2.53. The Morgan fingerprint density at radius 3 is 2.00 bits per heavy atom. The van der Waals surface area contributed by atoms with Gasteiger partial charge in [-0.15, -0.1) is 0 Å². The number of amides is 7. The Bertz CT molecular complexity index is 410. The van der Waals surface area contributed by atoms with Crippen molar-refractivity contribution in [2.24, 2.45) is 5.92 Å². The summed E-state index contributed by atoms with van der Waals surface area (Å²) in [5, 5.41) is 8.95. The molecule has 0 saturated heterocycles. The van der Waals surface area contributed by atoms with E-state index in [0.717, 1.165) is 0 Å². The highest BCUT2D eigenvalue weighted by Gasteiger charge is 2.22. The fraction of sp³-hybridized carbons (Fsp3) is 0.667. The first kappa shape index (κ1) is 18.8. The van der Waals surface area contributed by atoms with E-state index in [1.807, 2.05) is 24.5 Å². The summed E-state index contributed by atoms with van der Waals surface area (Å²) < 4.78 is 0. The Labute approximate surface area is 123 Å². The Balaban J connectivity index is 4.45. The molecule has 0 spiro atoms. The molecule has 21 heavy (non-hydrogen) atoms. The van der Waals surface area contributed by atoms with Gasteiger partial charge in [-0.25, -0.2) is 19.3 Å². The number of hydrogen-bond acceptors (Lipinski definition) is 5. The molecule has 0 aromatic rings. The second-order valence-electron chi connectivity index (χ2n) is 4.83. The van der Waals surface area contributed by atoms with E-state index in [1.54, 1.807) is 7.05 Å². The van der Waals surface area contributed by atoms with Gasteiger partial charge in [0.1, 0.15) is 0 Å². The standard InChI is InChI=1S/C12H23N5O4/c1-7(2)6-8(13-3)9(18)15-10(19)16-12(21)17(5)11(20)14-4/h7-8,13H,6H2,1-5H3,(H,14,20)(H2,15,16,18,19,21). The maximum Gasteiger partial charge on any atom is 0.333 e. The van der Waals surface area contributed by atoms with Crippen molar-refractivity contribution < 1.29 is 19.2 Å². The molecule has 0 heterocycles. The SMILES string of the molecule is CNC(=O)N(C)C(=O)NC(=O)NC(=O)C(CC(C)C)NC. The number of hydrogen-bond donors (Lipinski definition) is 4. The third-order valence-electron chi connectivity index (χ3n) is 2.65. The largest absolute Gasteiger partial charge is 0.341 e. The van der Waals surface area contributed by atoms with Crippen LogP contribution in [0.3, 0.4) is 0 Å². The van der Waals surface area contributed by atoms with Gasteiger partial charge in [0, 0.05) is 14.1 Å². The molecule has 0 aliphatic heterocycles. The van der Waals surface area contributed by atoms with E-state index in [2.05, 4.69) is 10.6 Å². The summed E-state index contributed by atoms with van der Waals surface area (Å²) >= 11 is 0. The van der Waals surface area contributed by atoms with E-state index in [-0.39, 0.29) is 5.92 Å². The minimum Gasteiger partial charge on any atom is -0.341 e. The molecule has 0 bridgehead atoms. The molecule has 0 aliphatic carbocycles. The lowest BCUT2D eigenvalue weighted by Gasteiger charge is -2.18. The third kappa shape index (κ3) is 6.70. The summed E-state index contributed by atoms with van der Waals surface area (Å²) in [6, 6.07) is -3.14. The zero-order valence-electron chi connectivity index (χ0n) is 12.9. The second-order valence-corrected chi connectivity index (χ2v) is 4.83. The predicted octanol–water partition coefficient (Wildman–Crippen LogP) is -0.162. The van der Waals surface area contributed by atoms with Gasteiger partial charge in [-0.3, -0.25) is 15.4 Å². The van der Waals surface area contributed by atoms with Crippen molar-refractivity contribution in [1.82, 2.24) is 26.2 Å². The molecule has 1 atom stereocenters. The van der Waals surface area contributed by atoms with Crippen molar-refractivity contribution in [2.45, 2.75) is 26.3 Å². The minimum absolute atomic E-state index is 0.261. The minimum atomic E-state index is -0.982. The summed E-state index contributed by atoms with van der Waals surface area (Å²) in [4.78, 5) is 46.7. The van der Waals surface area contributed by atoms with Crippen molar-refractivity contribution in [3.05, 3.63) is 0 Å². The molecule has 9 heteroatoms. The number of nitrogens with one attached hydrogen (secondary N) is 4. The highest BCUT2D eigenvalue weighted by atomic mass is 16.2. The molecular weight excluding hydrogens is 278 g/mol. The maximum absolute atomic E-state index is 11.8. The summed E-state index contributed by atoms with van der Waals surface area (Å²) in [6.07, 6.45) is 0.543. The predicted molar refractivity (Wildman–Crippen MR) is 76.6 cm³/mol. The zero-order valence-corrected chi connectivity index (χ0v) is 12.9. The first-order valence-corrected chi connectivity index (χ1v) is 6.51. The molecule has 4 N–H and O–H groups in total. The monoisotopic (exact) mass is 301 g/mol.